The third-order valence-corrected chi connectivity index (χ3v) is 6.73. The molecule has 0 bridgehead atoms. The van der Waals surface area contributed by atoms with Crippen LogP contribution in [0.15, 0.2) is 36.8 Å². The fraction of sp³-hybridized carbons (Fsp3) is 0.440. The Kier molecular flexibility index (Phi) is 5.51. The maximum atomic E-state index is 13.1. The minimum Gasteiger partial charge on any atom is -0.491 e. The molecule has 2 aromatic heterocycles. The lowest BCUT2D eigenvalue weighted by molar-refractivity contribution is 0.00983. The maximum absolute atomic E-state index is 13.1. The van der Waals surface area contributed by atoms with E-state index in [1.807, 2.05) is 13.0 Å². The van der Waals surface area contributed by atoms with Gasteiger partial charge in [-0.05, 0) is 56.4 Å². The number of hydrogen-bond donors (Lipinski definition) is 2. The zero-order chi connectivity index (χ0) is 24.0. The molecule has 5 rings (SSSR count). The van der Waals surface area contributed by atoms with Gasteiger partial charge in [0.2, 0.25) is 0 Å². The van der Waals surface area contributed by atoms with E-state index < -0.39 is 5.60 Å². The molecule has 9 nitrogen and oxygen atoms in total. The predicted octanol–water partition coefficient (Wildman–Crippen LogP) is 3.13. The van der Waals surface area contributed by atoms with Gasteiger partial charge in [0, 0.05) is 37.0 Å². The van der Waals surface area contributed by atoms with Crippen LogP contribution in [0.4, 0.5) is 5.69 Å². The number of fused-ring (bicyclic) bond motifs is 2. The molecular formula is C25H29N5O4. The Balaban J connectivity index is 1.42. The first-order chi connectivity index (χ1) is 16.2. The molecule has 178 valence electrons. The number of carbonyl (C=O) groups excluding carboxylic acids is 2. The molecule has 1 fully saturated rings. The van der Waals surface area contributed by atoms with Crippen molar-refractivity contribution < 1.29 is 19.4 Å². The summed E-state index contributed by atoms with van der Waals surface area (Å²) in [6.07, 6.45) is 7.08. The summed E-state index contributed by atoms with van der Waals surface area (Å²) >= 11 is 0. The van der Waals surface area contributed by atoms with Gasteiger partial charge in [-0.15, -0.1) is 0 Å². The third kappa shape index (κ3) is 4.35. The first-order valence-corrected chi connectivity index (χ1v) is 11.6. The first-order valence-electron chi connectivity index (χ1n) is 11.6. The van der Waals surface area contributed by atoms with Crippen LogP contribution in [0.1, 0.15) is 59.9 Å². The summed E-state index contributed by atoms with van der Waals surface area (Å²) in [5, 5.41) is 17.4. The van der Waals surface area contributed by atoms with Crippen LogP contribution in [-0.2, 0) is 6.54 Å². The van der Waals surface area contributed by atoms with Gasteiger partial charge in [0.15, 0.2) is 5.65 Å². The van der Waals surface area contributed by atoms with Gasteiger partial charge in [0.05, 0.1) is 24.1 Å². The van der Waals surface area contributed by atoms with E-state index in [4.69, 9.17) is 4.74 Å². The zero-order valence-electron chi connectivity index (χ0n) is 19.6. The van der Waals surface area contributed by atoms with Crippen LogP contribution in [0.25, 0.3) is 5.65 Å². The second kappa shape index (κ2) is 8.39. The fourth-order valence-electron chi connectivity index (χ4n) is 3.99. The highest BCUT2D eigenvalue weighted by molar-refractivity contribution is 6.09. The number of rotatable bonds is 8. The van der Waals surface area contributed by atoms with Crippen molar-refractivity contribution in [3.8, 4) is 5.75 Å². The van der Waals surface area contributed by atoms with Gasteiger partial charge >= 0.3 is 0 Å². The molecule has 1 atom stereocenters. The van der Waals surface area contributed by atoms with Crippen LogP contribution in [0.3, 0.4) is 0 Å². The molecule has 1 aliphatic heterocycles. The molecule has 3 aromatic rings. The largest absolute Gasteiger partial charge is 0.491 e. The van der Waals surface area contributed by atoms with E-state index in [0.717, 1.165) is 18.4 Å². The van der Waals surface area contributed by atoms with Gasteiger partial charge in [0.25, 0.3) is 11.8 Å². The second-order valence-corrected chi connectivity index (χ2v) is 9.90. The van der Waals surface area contributed by atoms with Gasteiger partial charge in [-0.2, -0.15) is 5.10 Å². The van der Waals surface area contributed by atoms with Crippen molar-refractivity contribution in [3.63, 3.8) is 0 Å². The SMILES string of the molecule is C[C@H](CN1Cc2cc(NC(=O)c3cnn4cccnc34)c(OCC3CC3)cc2C1=O)C(C)(C)O. The zero-order valence-corrected chi connectivity index (χ0v) is 19.6. The van der Waals surface area contributed by atoms with Crippen molar-refractivity contribution in [2.45, 2.75) is 45.8 Å². The average Bonchev–Trinajstić information content (AvgIpc) is 3.45. The second-order valence-electron chi connectivity index (χ2n) is 9.90. The Bertz CT molecular complexity index is 1260. The number of benzene rings is 1. The molecular weight excluding hydrogens is 434 g/mol. The van der Waals surface area contributed by atoms with Crippen LogP contribution in [0, 0.1) is 11.8 Å². The lowest BCUT2D eigenvalue weighted by Gasteiger charge is -2.29. The van der Waals surface area contributed by atoms with Crippen molar-refractivity contribution in [2.24, 2.45) is 11.8 Å². The van der Waals surface area contributed by atoms with Crippen molar-refractivity contribution in [1.82, 2.24) is 19.5 Å². The molecule has 0 saturated heterocycles. The highest BCUT2D eigenvalue weighted by Gasteiger charge is 2.34. The molecule has 2 aliphatic rings. The molecule has 9 heteroatoms. The number of nitrogens with one attached hydrogen (secondary N) is 1. The van der Waals surface area contributed by atoms with Crippen LogP contribution in [0.5, 0.6) is 5.75 Å². The summed E-state index contributed by atoms with van der Waals surface area (Å²) in [7, 11) is 0. The van der Waals surface area contributed by atoms with Gasteiger partial charge < -0.3 is 20.1 Å². The van der Waals surface area contributed by atoms with Crippen LogP contribution >= 0.6 is 0 Å². The van der Waals surface area contributed by atoms with E-state index in [2.05, 4.69) is 15.4 Å². The Morgan fingerprint density at radius 1 is 1.35 bits per heavy atom. The number of amides is 2. The quantitative estimate of drug-likeness (QED) is 0.531. The number of ether oxygens (including phenoxy) is 1. The van der Waals surface area contributed by atoms with E-state index >= 15 is 0 Å². The molecule has 2 amide bonds. The van der Waals surface area contributed by atoms with Crippen molar-refractivity contribution in [1.29, 1.82) is 0 Å². The van der Waals surface area contributed by atoms with Crippen LogP contribution in [0.2, 0.25) is 0 Å². The Morgan fingerprint density at radius 3 is 2.88 bits per heavy atom. The van der Waals surface area contributed by atoms with E-state index in [1.54, 1.807) is 47.8 Å². The number of aliphatic hydroxyl groups is 1. The highest BCUT2D eigenvalue weighted by Crippen LogP contribution is 2.37. The van der Waals surface area contributed by atoms with Crippen molar-refractivity contribution in [3.05, 3.63) is 53.5 Å². The molecule has 0 radical (unpaired) electrons. The molecule has 1 saturated carbocycles. The topological polar surface area (TPSA) is 109 Å². The van der Waals surface area contributed by atoms with Crippen LogP contribution < -0.4 is 10.1 Å². The number of hydrogen-bond acceptors (Lipinski definition) is 6. The third-order valence-electron chi connectivity index (χ3n) is 6.73. The lowest BCUT2D eigenvalue weighted by atomic mass is 9.92. The highest BCUT2D eigenvalue weighted by atomic mass is 16.5. The van der Waals surface area contributed by atoms with E-state index in [0.29, 0.717) is 53.8 Å². The number of anilines is 1. The number of carbonyl (C=O) groups is 2. The summed E-state index contributed by atoms with van der Waals surface area (Å²) in [5.74, 6) is 0.460. The summed E-state index contributed by atoms with van der Waals surface area (Å²) in [6.45, 7) is 6.82. The minimum absolute atomic E-state index is 0.0907. The maximum Gasteiger partial charge on any atom is 0.261 e. The monoisotopic (exact) mass is 463 g/mol. The molecule has 0 spiro atoms. The van der Waals surface area contributed by atoms with Gasteiger partial charge in [-0.25, -0.2) is 9.50 Å². The van der Waals surface area contributed by atoms with E-state index in [9.17, 15) is 14.7 Å². The smallest absolute Gasteiger partial charge is 0.261 e. The minimum atomic E-state index is -0.894. The number of nitrogens with zero attached hydrogens (tertiary/aromatic N) is 4. The molecule has 2 N–H and O–H groups in total. The van der Waals surface area contributed by atoms with Crippen molar-refractivity contribution in [2.75, 3.05) is 18.5 Å². The van der Waals surface area contributed by atoms with Crippen LogP contribution in [-0.4, -0.2) is 55.2 Å². The normalized spacial score (nSPS) is 16.6. The van der Waals surface area contributed by atoms with Crippen molar-refractivity contribution >= 4 is 23.1 Å². The van der Waals surface area contributed by atoms with E-state index in [-0.39, 0.29) is 17.7 Å². The standard InChI is InChI=1S/C25H29N5O4/c1-15(25(2,3)33)12-29-13-17-9-20(21(10-18(17)24(29)32)34-14-16-5-6-16)28-23(31)19-11-27-30-8-4-7-26-22(19)30/h4,7-11,15-16,33H,5-6,12-14H2,1-3H3,(H,28,31)/t15-/m1/s1. The summed E-state index contributed by atoms with van der Waals surface area (Å²) in [6, 6.07) is 5.30. The summed E-state index contributed by atoms with van der Waals surface area (Å²) in [4.78, 5) is 32.2. The summed E-state index contributed by atoms with van der Waals surface area (Å²) < 4.78 is 7.59. The Hall–Kier alpha value is -3.46. The first kappa shape index (κ1) is 22.3. The van der Waals surface area contributed by atoms with Gasteiger partial charge in [-0.1, -0.05) is 6.92 Å². The molecule has 0 unspecified atom stereocenters. The Morgan fingerprint density at radius 2 is 2.15 bits per heavy atom. The molecule has 1 aliphatic carbocycles. The van der Waals surface area contributed by atoms with E-state index in [1.165, 1.54) is 6.20 Å². The fourth-order valence-corrected chi connectivity index (χ4v) is 3.99. The molecule has 1 aromatic carbocycles. The lowest BCUT2D eigenvalue weighted by Crippen LogP contribution is -2.39. The Labute approximate surface area is 197 Å². The summed E-state index contributed by atoms with van der Waals surface area (Å²) in [5.41, 5.74) is 1.83. The molecule has 3 heterocycles. The predicted molar refractivity (Wildman–Crippen MR) is 126 cm³/mol. The van der Waals surface area contributed by atoms with Gasteiger partial charge in [-0.3, -0.25) is 9.59 Å². The molecule has 34 heavy (non-hydrogen) atoms. The van der Waals surface area contributed by atoms with Gasteiger partial charge in [0.1, 0.15) is 11.3 Å². The number of aromatic nitrogens is 3. The average molecular weight is 464 g/mol.